The van der Waals surface area contributed by atoms with E-state index < -0.39 is 0 Å². The number of nitrogens with one attached hydrogen (secondary N) is 1. The predicted molar refractivity (Wildman–Crippen MR) is 110 cm³/mol. The summed E-state index contributed by atoms with van der Waals surface area (Å²) >= 11 is 0. The van der Waals surface area contributed by atoms with Crippen LogP contribution in [0.2, 0.25) is 0 Å². The second-order valence-electron chi connectivity index (χ2n) is 7.71. The minimum Gasteiger partial charge on any atom is -0.461 e. The predicted octanol–water partition coefficient (Wildman–Crippen LogP) is 2.97. The van der Waals surface area contributed by atoms with Gasteiger partial charge in [-0.05, 0) is 57.8 Å². The Morgan fingerprint density at radius 2 is 2.04 bits per heavy atom. The number of aromatic nitrogens is 2. The lowest BCUT2D eigenvalue weighted by atomic mass is 9.96. The molecule has 28 heavy (non-hydrogen) atoms. The maximum absolute atomic E-state index is 12.2. The van der Waals surface area contributed by atoms with Crippen LogP contribution in [0.4, 0.5) is 0 Å². The van der Waals surface area contributed by atoms with Gasteiger partial charge in [0.2, 0.25) is 0 Å². The number of hydrogen-bond donors (Lipinski definition) is 1. The lowest BCUT2D eigenvalue weighted by Gasteiger charge is -2.33. The van der Waals surface area contributed by atoms with Crippen LogP contribution in [0.1, 0.15) is 41.4 Å². The third kappa shape index (κ3) is 5.91. The zero-order chi connectivity index (χ0) is 19.8. The molecule has 6 nitrogen and oxygen atoms in total. The average molecular weight is 385 g/mol. The summed E-state index contributed by atoms with van der Waals surface area (Å²) in [6.45, 7) is 7.24. The number of piperidine rings is 1. The smallest absolute Gasteiger partial charge is 0.356 e. The molecule has 1 aromatic heterocycles. The van der Waals surface area contributed by atoms with Gasteiger partial charge in [0.15, 0.2) is 0 Å². The molecule has 1 N–H and O–H groups in total. The molecule has 1 saturated heterocycles. The minimum absolute atomic E-state index is 0.322. The van der Waals surface area contributed by atoms with Crippen molar-refractivity contribution in [3.8, 4) is 0 Å². The van der Waals surface area contributed by atoms with E-state index in [1.54, 1.807) is 6.20 Å². The SMILES string of the molecule is CCOC(=O)c1[nH]ncc1CN(CCc1ccccc1)CC1CCN(C)CC1. The highest BCUT2D eigenvalue weighted by Gasteiger charge is 2.22. The van der Waals surface area contributed by atoms with Crippen LogP contribution in [0.3, 0.4) is 0 Å². The molecule has 2 aromatic rings. The first kappa shape index (κ1) is 20.6. The molecule has 152 valence electrons. The van der Waals surface area contributed by atoms with E-state index in [0.717, 1.165) is 38.2 Å². The van der Waals surface area contributed by atoms with Crippen molar-refractivity contribution in [2.75, 3.05) is 39.8 Å². The fraction of sp³-hybridized carbons (Fsp3) is 0.545. The first-order valence-corrected chi connectivity index (χ1v) is 10.3. The van der Waals surface area contributed by atoms with Crippen LogP contribution in [0, 0.1) is 5.92 Å². The fourth-order valence-electron chi connectivity index (χ4n) is 3.83. The molecule has 0 atom stereocenters. The lowest BCUT2D eigenvalue weighted by Crippen LogP contribution is -2.37. The van der Waals surface area contributed by atoms with Crippen molar-refractivity contribution in [1.82, 2.24) is 20.0 Å². The Morgan fingerprint density at radius 3 is 2.75 bits per heavy atom. The van der Waals surface area contributed by atoms with E-state index in [2.05, 4.69) is 57.4 Å². The summed E-state index contributed by atoms with van der Waals surface area (Å²) in [6.07, 6.45) is 5.22. The number of benzene rings is 1. The Morgan fingerprint density at radius 1 is 1.29 bits per heavy atom. The number of carbonyl (C=O) groups is 1. The van der Waals surface area contributed by atoms with E-state index in [-0.39, 0.29) is 5.97 Å². The quantitative estimate of drug-likeness (QED) is 0.674. The molecule has 0 spiro atoms. The van der Waals surface area contributed by atoms with Gasteiger partial charge in [-0.1, -0.05) is 30.3 Å². The maximum Gasteiger partial charge on any atom is 0.356 e. The fourth-order valence-corrected chi connectivity index (χ4v) is 3.83. The van der Waals surface area contributed by atoms with Crippen LogP contribution in [-0.4, -0.2) is 65.8 Å². The molecular weight excluding hydrogens is 352 g/mol. The molecule has 0 amide bonds. The highest BCUT2D eigenvalue weighted by atomic mass is 16.5. The number of H-pyrrole nitrogens is 1. The van der Waals surface area contributed by atoms with Gasteiger partial charge in [-0.25, -0.2) is 4.79 Å². The van der Waals surface area contributed by atoms with Gasteiger partial charge in [0.05, 0.1) is 12.8 Å². The minimum atomic E-state index is -0.322. The van der Waals surface area contributed by atoms with Gasteiger partial charge in [0.25, 0.3) is 0 Å². The van der Waals surface area contributed by atoms with Crippen molar-refractivity contribution in [2.45, 2.75) is 32.7 Å². The monoisotopic (exact) mass is 384 g/mol. The first-order chi connectivity index (χ1) is 13.7. The molecule has 1 fully saturated rings. The largest absolute Gasteiger partial charge is 0.461 e. The number of nitrogens with zero attached hydrogens (tertiary/aromatic N) is 3. The number of rotatable bonds is 9. The average Bonchev–Trinajstić information content (AvgIpc) is 3.17. The van der Waals surface area contributed by atoms with Gasteiger partial charge in [-0.2, -0.15) is 5.10 Å². The summed E-state index contributed by atoms with van der Waals surface area (Å²) in [7, 11) is 2.19. The Balaban J connectivity index is 1.67. The third-order valence-electron chi connectivity index (χ3n) is 5.51. The van der Waals surface area contributed by atoms with E-state index in [4.69, 9.17) is 4.74 Å². The first-order valence-electron chi connectivity index (χ1n) is 10.3. The molecule has 3 rings (SSSR count). The van der Waals surface area contributed by atoms with Gasteiger partial charge in [-0.3, -0.25) is 10.00 Å². The van der Waals surface area contributed by atoms with Crippen molar-refractivity contribution < 1.29 is 9.53 Å². The summed E-state index contributed by atoms with van der Waals surface area (Å²) in [5.41, 5.74) is 2.74. The third-order valence-corrected chi connectivity index (χ3v) is 5.51. The van der Waals surface area contributed by atoms with Gasteiger partial charge in [-0.15, -0.1) is 0 Å². The second kappa shape index (κ2) is 10.4. The van der Waals surface area contributed by atoms with E-state index >= 15 is 0 Å². The number of ether oxygens (including phenoxy) is 1. The zero-order valence-electron chi connectivity index (χ0n) is 17.1. The molecule has 0 bridgehead atoms. The summed E-state index contributed by atoms with van der Waals surface area (Å²) in [5, 5.41) is 6.92. The van der Waals surface area contributed by atoms with Crippen LogP contribution in [0.15, 0.2) is 36.5 Å². The normalized spacial score (nSPS) is 15.8. The number of aromatic amines is 1. The molecule has 0 radical (unpaired) electrons. The van der Waals surface area contributed by atoms with E-state index in [1.165, 1.54) is 18.4 Å². The number of esters is 1. The van der Waals surface area contributed by atoms with E-state index in [0.29, 0.717) is 24.8 Å². The number of carbonyl (C=O) groups excluding carboxylic acids is 1. The Hall–Kier alpha value is -2.18. The van der Waals surface area contributed by atoms with Crippen LogP contribution in [0.5, 0.6) is 0 Å². The van der Waals surface area contributed by atoms with Gasteiger partial charge < -0.3 is 9.64 Å². The summed E-state index contributed by atoms with van der Waals surface area (Å²) in [4.78, 5) is 17.1. The van der Waals surface area contributed by atoms with Crippen molar-refractivity contribution in [3.05, 3.63) is 53.3 Å². The number of likely N-dealkylation sites (tertiary alicyclic amines) is 1. The summed E-state index contributed by atoms with van der Waals surface area (Å²) in [5.74, 6) is 0.377. The molecule has 0 unspecified atom stereocenters. The molecule has 0 saturated carbocycles. The number of hydrogen-bond acceptors (Lipinski definition) is 5. The zero-order valence-corrected chi connectivity index (χ0v) is 17.1. The van der Waals surface area contributed by atoms with Crippen molar-refractivity contribution in [3.63, 3.8) is 0 Å². The highest BCUT2D eigenvalue weighted by molar-refractivity contribution is 5.88. The second-order valence-corrected chi connectivity index (χ2v) is 7.71. The maximum atomic E-state index is 12.2. The summed E-state index contributed by atoms with van der Waals surface area (Å²) in [6, 6.07) is 10.6. The Kier molecular flexibility index (Phi) is 7.62. The van der Waals surface area contributed by atoms with E-state index in [9.17, 15) is 4.79 Å². The molecule has 1 aliphatic rings. The molecule has 2 heterocycles. The molecule has 1 aromatic carbocycles. The van der Waals surface area contributed by atoms with Crippen LogP contribution >= 0.6 is 0 Å². The Labute approximate surface area is 167 Å². The molecular formula is C22H32N4O2. The Bertz CT molecular complexity index is 723. The molecule has 6 heteroatoms. The van der Waals surface area contributed by atoms with Gasteiger partial charge >= 0.3 is 5.97 Å². The van der Waals surface area contributed by atoms with Crippen LogP contribution in [0.25, 0.3) is 0 Å². The van der Waals surface area contributed by atoms with E-state index in [1.807, 2.05) is 6.92 Å². The van der Waals surface area contributed by atoms with Crippen LogP contribution < -0.4 is 0 Å². The summed E-state index contributed by atoms with van der Waals surface area (Å²) < 4.78 is 5.17. The van der Waals surface area contributed by atoms with Crippen molar-refractivity contribution in [2.24, 2.45) is 5.92 Å². The van der Waals surface area contributed by atoms with Crippen molar-refractivity contribution >= 4 is 5.97 Å². The molecule has 1 aliphatic heterocycles. The standard InChI is InChI=1S/C22H32N4O2/c1-3-28-22(27)21-20(15-23-24-21)17-26(14-11-18-7-5-4-6-8-18)16-19-9-12-25(2)13-10-19/h4-8,15,19H,3,9-14,16-17H2,1-2H3,(H,23,24). The molecule has 0 aliphatic carbocycles. The lowest BCUT2D eigenvalue weighted by molar-refractivity contribution is 0.0516. The van der Waals surface area contributed by atoms with Gasteiger partial charge in [0, 0.05) is 25.2 Å². The highest BCUT2D eigenvalue weighted by Crippen LogP contribution is 2.20. The topological polar surface area (TPSA) is 61.5 Å². The van der Waals surface area contributed by atoms with Crippen LogP contribution in [-0.2, 0) is 17.7 Å². The van der Waals surface area contributed by atoms with Gasteiger partial charge in [0.1, 0.15) is 5.69 Å². The van der Waals surface area contributed by atoms with Crippen molar-refractivity contribution in [1.29, 1.82) is 0 Å².